The lowest BCUT2D eigenvalue weighted by atomic mass is 9.80. The van der Waals surface area contributed by atoms with Crippen LogP contribution in [-0.2, 0) is 9.57 Å². The SMILES string of the molecule is C=CCON1C(C)(C)CC(OCCC)CC1(C)C. The number of hydrogen-bond donors (Lipinski definition) is 0. The van der Waals surface area contributed by atoms with Gasteiger partial charge in [-0.15, -0.1) is 6.58 Å². The van der Waals surface area contributed by atoms with Crippen molar-refractivity contribution in [2.24, 2.45) is 0 Å². The molecule has 0 bridgehead atoms. The molecule has 0 aromatic rings. The molecular formula is C15H29NO2. The molecule has 3 heteroatoms. The molecule has 1 rings (SSSR count). The molecule has 0 aromatic carbocycles. The van der Waals surface area contributed by atoms with Crippen molar-refractivity contribution < 1.29 is 9.57 Å². The maximum Gasteiger partial charge on any atom is 0.0864 e. The summed E-state index contributed by atoms with van der Waals surface area (Å²) in [4.78, 5) is 5.88. The fourth-order valence-electron chi connectivity index (χ4n) is 3.05. The molecule has 3 nitrogen and oxygen atoms in total. The topological polar surface area (TPSA) is 21.7 Å². The fourth-order valence-corrected chi connectivity index (χ4v) is 3.05. The predicted octanol–water partition coefficient (Wildman–Crippen LogP) is 3.55. The number of nitrogens with zero attached hydrogens (tertiary/aromatic N) is 1. The minimum Gasteiger partial charge on any atom is -0.378 e. The second-order valence-corrected chi connectivity index (χ2v) is 6.40. The van der Waals surface area contributed by atoms with Crippen LogP contribution in [0.3, 0.4) is 0 Å². The summed E-state index contributed by atoms with van der Waals surface area (Å²) in [6.45, 7) is 16.2. The molecule has 1 saturated heterocycles. The van der Waals surface area contributed by atoms with Crippen LogP contribution in [0.1, 0.15) is 53.9 Å². The first-order valence-corrected chi connectivity index (χ1v) is 6.99. The number of hydrogen-bond acceptors (Lipinski definition) is 3. The Balaban J connectivity index is 2.74. The van der Waals surface area contributed by atoms with Gasteiger partial charge in [0.05, 0.1) is 12.7 Å². The van der Waals surface area contributed by atoms with E-state index in [1.807, 2.05) is 0 Å². The molecule has 18 heavy (non-hydrogen) atoms. The van der Waals surface area contributed by atoms with Crippen molar-refractivity contribution in [3.8, 4) is 0 Å². The summed E-state index contributed by atoms with van der Waals surface area (Å²) in [5.41, 5.74) is -0.0215. The second kappa shape index (κ2) is 6.18. The average Bonchev–Trinajstić information content (AvgIpc) is 2.23. The predicted molar refractivity (Wildman–Crippen MR) is 75.4 cm³/mol. The van der Waals surface area contributed by atoms with Gasteiger partial charge >= 0.3 is 0 Å². The summed E-state index contributed by atoms with van der Waals surface area (Å²) < 4.78 is 5.95. The monoisotopic (exact) mass is 255 g/mol. The first-order valence-electron chi connectivity index (χ1n) is 6.99. The van der Waals surface area contributed by atoms with Gasteiger partial charge in [-0.1, -0.05) is 13.0 Å². The van der Waals surface area contributed by atoms with Gasteiger partial charge in [0, 0.05) is 17.7 Å². The lowest BCUT2D eigenvalue weighted by Gasteiger charge is -2.53. The first kappa shape index (κ1) is 15.7. The summed E-state index contributed by atoms with van der Waals surface area (Å²) in [7, 11) is 0. The van der Waals surface area contributed by atoms with Crippen molar-refractivity contribution in [3.05, 3.63) is 12.7 Å². The molecule has 1 aliphatic rings. The van der Waals surface area contributed by atoms with E-state index in [1.165, 1.54) is 0 Å². The third-order valence-electron chi connectivity index (χ3n) is 3.43. The minimum absolute atomic E-state index is 0.0107. The second-order valence-electron chi connectivity index (χ2n) is 6.40. The van der Waals surface area contributed by atoms with Crippen molar-refractivity contribution in [2.45, 2.75) is 71.1 Å². The zero-order valence-corrected chi connectivity index (χ0v) is 12.7. The van der Waals surface area contributed by atoms with E-state index in [2.05, 4.69) is 46.3 Å². The van der Waals surface area contributed by atoms with Crippen LogP contribution in [0.2, 0.25) is 0 Å². The Morgan fingerprint density at radius 1 is 1.22 bits per heavy atom. The van der Waals surface area contributed by atoms with Crippen LogP contribution in [0.15, 0.2) is 12.7 Å². The molecule has 0 N–H and O–H groups in total. The van der Waals surface area contributed by atoms with Crippen LogP contribution in [-0.4, -0.2) is 35.5 Å². The molecule has 0 saturated carbocycles. The number of ether oxygens (including phenoxy) is 1. The van der Waals surface area contributed by atoms with E-state index in [0.717, 1.165) is 25.9 Å². The van der Waals surface area contributed by atoms with Crippen molar-refractivity contribution in [3.63, 3.8) is 0 Å². The molecule has 0 aliphatic carbocycles. The van der Waals surface area contributed by atoms with Gasteiger partial charge in [-0.3, -0.25) is 4.84 Å². The number of piperidine rings is 1. The largest absolute Gasteiger partial charge is 0.378 e. The Morgan fingerprint density at radius 2 is 1.78 bits per heavy atom. The van der Waals surface area contributed by atoms with Gasteiger partial charge in [0.2, 0.25) is 0 Å². The lowest BCUT2D eigenvalue weighted by molar-refractivity contribution is -0.289. The molecule has 0 aromatic heterocycles. The van der Waals surface area contributed by atoms with Crippen LogP contribution >= 0.6 is 0 Å². The summed E-state index contributed by atoms with van der Waals surface area (Å²) in [6.07, 6.45) is 5.22. The highest BCUT2D eigenvalue weighted by Gasteiger charge is 2.46. The maximum atomic E-state index is 5.95. The summed E-state index contributed by atoms with van der Waals surface area (Å²) in [5, 5.41) is 2.13. The van der Waals surface area contributed by atoms with Crippen LogP contribution in [0.25, 0.3) is 0 Å². The highest BCUT2D eigenvalue weighted by molar-refractivity contribution is 4.97. The Bertz CT molecular complexity index is 256. The highest BCUT2D eigenvalue weighted by Crippen LogP contribution is 2.39. The van der Waals surface area contributed by atoms with Crippen LogP contribution in [0.5, 0.6) is 0 Å². The normalized spacial score (nSPS) is 24.1. The van der Waals surface area contributed by atoms with Crippen molar-refractivity contribution >= 4 is 0 Å². The molecule has 0 spiro atoms. The van der Waals surface area contributed by atoms with Crippen molar-refractivity contribution in [2.75, 3.05) is 13.2 Å². The molecule has 0 unspecified atom stereocenters. The first-order chi connectivity index (χ1) is 8.33. The Morgan fingerprint density at radius 3 is 2.22 bits per heavy atom. The van der Waals surface area contributed by atoms with Gasteiger partial charge in [-0.05, 0) is 47.0 Å². The van der Waals surface area contributed by atoms with E-state index in [0.29, 0.717) is 12.7 Å². The average molecular weight is 255 g/mol. The Hall–Kier alpha value is -0.380. The molecule has 1 heterocycles. The molecule has 1 aliphatic heterocycles. The maximum absolute atomic E-state index is 5.95. The van der Waals surface area contributed by atoms with E-state index in [9.17, 15) is 0 Å². The zero-order valence-electron chi connectivity index (χ0n) is 12.7. The third kappa shape index (κ3) is 3.81. The summed E-state index contributed by atoms with van der Waals surface area (Å²) in [5.74, 6) is 0. The van der Waals surface area contributed by atoms with Gasteiger partial charge in [0.15, 0.2) is 0 Å². The standard InChI is InChI=1S/C15H29NO2/c1-7-9-17-13-11-14(3,4)16(18-10-8-2)15(5,6)12-13/h8,13H,2,7,9-12H2,1,3-6H3. The van der Waals surface area contributed by atoms with Crippen molar-refractivity contribution in [1.29, 1.82) is 0 Å². The van der Waals surface area contributed by atoms with E-state index in [4.69, 9.17) is 9.57 Å². The molecule has 106 valence electrons. The summed E-state index contributed by atoms with van der Waals surface area (Å²) >= 11 is 0. The molecular weight excluding hydrogens is 226 g/mol. The highest BCUT2D eigenvalue weighted by atomic mass is 16.7. The quantitative estimate of drug-likeness (QED) is 0.677. The van der Waals surface area contributed by atoms with Gasteiger partial charge in [-0.2, -0.15) is 5.06 Å². The van der Waals surface area contributed by atoms with Crippen LogP contribution < -0.4 is 0 Å². The Kier molecular flexibility index (Phi) is 5.38. The molecule has 0 radical (unpaired) electrons. The van der Waals surface area contributed by atoms with E-state index in [1.54, 1.807) is 6.08 Å². The zero-order chi connectivity index (χ0) is 13.8. The molecule has 0 atom stereocenters. The third-order valence-corrected chi connectivity index (χ3v) is 3.43. The van der Waals surface area contributed by atoms with Crippen LogP contribution in [0, 0.1) is 0 Å². The smallest absolute Gasteiger partial charge is 0.0864 e. The fraction of sp³-hybridized carbons (Fsp3) is 0.867. The Labute approximate surface area is 112 Å². The van der Waals surface area contributed by atoms with E-state index >= 15 is 0 Å². The minimum atomic E-state index is -0.0107. The van der Waals surface area contributed by atoms with Gasteiger partial charge in [0.25, 0.3) is 0 Å². The lowest BCUT2D eigenvalue weighted by Crippen LogP contribution is -2.61. The number of rotatable bonds is 6. The van der Waals surface area contributed by atoms with Gasteiger partial charge < -0.3 is 4.74 Å². The van der Waals surface area contributed by atoms with Crippen LogP contribution in [0.4, 0.5) is 0 Å². The summed E-state index contributed by atoms with van der Waals surface area (Å²) in [6, 6.07) is 0. The molecule has 0 amide bonds. The number of hydroxylamine groups is 2. The van der Waals surface area contributed by atoms with E-state index < -0.39 is 0 Å². The van der Waals surface area contributed by atoms with Crippen molar-refractivity contribution in [1.82, 2.24) is 5.06 Å². The van der Waals surface area contributed by atoms with Gasteiger partial charge in [-0.25, -0.2) is 0 Å². The van der Waals surface area contributed by atoms with E-state index in [-0.39, 0.29) is 11.1 Å². The molecule has 1 fully saturated rings. The van der Waals surface area contributed by atoms with Gasteiger partial charge in [0.1, 0.15) is 0 Å².